The monoisotopic (exact) mass is 417 g/mol. The molecule has 0 aromatic heterocycles. The number of nitrogens with zero attached hydrogens (tertiary/aromatic N) is 1. The van der Waals surface area contributed by atoms with E-state index in [0.29, 0.717) is 12.0 Å². The van der Waals surface area contributed by atoms with Crippen LogP contribution >= 0.6 is 0 Å². The van der Waals surface area contributed by atoms with Crippen molar-refractivity contribution in [3.05, 3.63) is 83.9 Å². The van der Waals surface area contributed by atoms with Gasteiger partial charge in [-0.2, -0.15) is 0 Å². The van der Waals surface area contributed by atoms with E-state index in [9.17, 15) is 14.4 Å². The summed E-state index contributed by atoms with van der Waals surface area (Å²) in [6.07, 6.45) is 0.498. The lowest BCUT2D eigenvalue weighted by atomic mass is 10.0. The molecule has 0 bridgehead atoms. The van der Waals surface area contributed by atoms with E-state index in [1.165, 1.54) is 4.90 Å². The lowest BCUT2D eigenvalue weighted by molar-refractivity contribution is -0.134. The van der Waals surface area contributed by atoms with Crippen LogP contribution in [0.1, 0.15) is 22.3 Å². The van der Waals surface area contributed by atoms with Crippen LogP contribution in [0.4, 0.5) is 0 Å². The Labute approximate surface area is 182 Å². The zero-order valence-electron chi connectivity index (χ0n) is 17.8. The van der Waals surface area contributed by atoms with Gasteiger partial charge in [0.05, 0.1) is 0 Å². The number of benzene rings is 3. The highest BCUT2D eigenvalue weighted by molar-refractivity contribution is 5.98. The Balaban J connectivity index is 1.54. The van der Waals surface area contributed by atoms with Gasteiger partial charge in [0.2, 0.25) is 11.8 Å². The number of likely N-dealkylation sites (N-methyl/N-ethyl adjacent to an activating group) is 1. The van der Waals surface area contributed by atoms with Crippen molar-refractivity contribution < 1.29 is 14.4 Å². The van der Waals surface area contributed by atoms with Crippen LogP contribution in [0.2, 0.25) is 0 Å². The average molecular weight is 418 g/mol. The molecule has 160 valence electrons. The van der Waals surface area contributed by atoms with E-state index in [0.717, 1.165) is 16.3 Å². The Morgan fingerprint density at radius 2 is 1.55 bits per heavy atom. The van der Waals surface area contributed by atoms with Gasteiger partial charge in [0.25, 0.3) is 5.91 Å². The molecule has 1 unspecified atom stereocenters. The summed E-state index contributed by atoms with van der Waals surface area (Å²) < 4.78 is 0. The summed E-state index contributed by atoms with van der Waals surface area (Å²) in [5, 5.41) is 7.63. The third-order valence-electron chi connectivity index (χ3n) is 5.01. The highest BCUT2D eigenvalue weighted by atomic mass is 16.2. The molecule has 0 aliphatic rings. The molecule has 6 nitrogen and oxygen atoms in total. The van der Waals surface area contributed by atoms with Crippen LogP contribution in [-0.2, 0) is 16.0 Å². The smallest absolute Gasteiger partial charge is 0.251 e. The van der Waals surface area contributed by atoms with Crippen LogP contribution in [0.5, 0.6) is 0 Å². The number of hydrogen-bond donors (Lipinski definition) is 2. The van der Waals surface area contributed by atoms with Crippen molar-refractivity contribution >= 4 is 28.5 Å². The van der Waals surface area contributed by atoms with E-state index in [1.807, 2.05) is 66.7 Å². The van der Waals surface area contributed by atoms with Crippen molar-refractivity contribution in [2.75, 3.05) is 20.6 Å². The molecule has 0 saturated carbocycles. The second-order valence-corrected chi connectivity index (χ2v) is 7.61. The molecule has 0 radical (unpaired) electrons. The maximum Gasteiger partial charge on any atom is 0.251 e. The maximum absolute atomic E-state index is 12.5. The third kappa shape index (κ3) is 6.15. The molecule has 0 heterocycles. The van der Waals surface area contributed by atoms with Gasteiger partial charge in [-0.15, -0.1) is 0 Å². The van der Waals surface area contributed by atoms with Crippen LogP contribution in [0.15, 0.2) is 72.8 Å². The molecule has 0 spiro atoms. The van der Waals surface area contributed by atoms with E-state index >= 15 is 0 Å². The number of carbonyl (C=O) groups excluding carboxylic acids is 3. The van der Waals surface area contributed by atoms with E-state index in [-0.39, 0.29) is 30.7 Å². The van der Waals surface area contributed by atoms with Gasteiger partial charge in [-0.05, 0) is 28.5 Å². The fraction of sp³-hybridized carbons (Fsp3) is 0.240. The highest BCUT2D eigenvalue weighted by Gasteiger charge is 2.22. The van der Waals surface area contributed by atoms with Crippen molar-refractivity contribution in [3.8, 4) is 0 Å². The van der Waals surface area contributed by atoms with Crippen molar-refractivity contribution in [2.24, 2.45) is 0 Å². The fourth-order valence-corrected chi connectivity index (χ4v) is 3.35. The Kier molecular flexibility index (Phi) is 7.38. The molecule has 0 aliphatic heterocycles. The van der Waals surface area contributed by atoms with E-state index in [2.05, 4.69) is 10.6 Å². The van der Waals surface area contributed by atoms with Gasteiger partial charge in [0.1, 0.15) is 6.04 Å². The summed E-state index contributed by atoms with van der Waals surface area (Å²) in [5.41, 5.74) is 1.51. The molecular formula is C25H27N3O3. The summed E-state index contributed by atoms with van der Waals surface area (Å²) in [6, 6.07) is 22.2. The summed E-state index contributed by atoms with van der Waals surface area (Å²) >= 11 is 0. The second kappa shape index (κ2) is 10.4. The topological polar surface area (TPSA) is 78.5 Å². The van der Waals surface area contributed by atoms with Crippen LogP contribution in [0.25, 0.3) is 10.8 Å². The number of carbonyl (C=O) groups is 3. The minimum Gasteiger partial charge on any atom is -0.352 e. The summed E-state index contributed by atoms with van der Waals surface area (Å²) in [5.74, 6) is -0.684. The van der Waals surface area contributed by atoms with Crippen LogP contribution < -0.4 is 10.6 Å². The first-order valence-electron chi connectivity index (χ1n) is 10.3. The molecule has 2 N–H and O–H groups in total. The molecule has 31 heavy (non-hydrogen) atoms. The minimum absolute atomic E-state index is 0.0886. The first kappa shape index (κ1) is 22.0. The number of amides is 3. The lowest BCUT2D eigenvalue weighted by Crippen LogP contribution is -2.48. The second-order valence-electron chi connectivity index (χ2n) is 7.61. The lowest BCUT2D eigenvalue weighted by Gasteiger charge is -2.22. The third-order valence-corrected chi connectivity index (χ3v) is 5.01. The Morgan fingerprint density at radius 3 is 2.26 bits per heavy atom. The van der Waals surface area contributed by atoms with E-state index in [1.54, 1.807) is 20.2 Å². The van der Waals surface area contributed by atoms with Gasteiger partial charge >= 0.3 is 0 Å². The van der Waals surface area contributed by atoms with E-state index in [4.69, 9.17) is 0 Å². The molecule has 1 atom stereocenters. The average Bonchev–Trinajstić information content (AvgIpc) is 2.78. The highest BCUT2D eigenvalue weighted by Crippen LogP contribution is 2.15. The number of nitrogens with one attached hydrogen (secondary N) is 2. The summed E-state index contributed by atoms with van der Waals surface area (Å²) in [6.45, 7) is 0.186. The Bertz CT molecular complexity index is 1060. The van der Waals surface area contributed by atoms with Gasteiger partial charge in [-0.1, -0.05) is 60.7 Å². The van der Waals surface area contributed by atoms with Crippen molar-refractivity contribution in [1.29, 1.82) is 0 Å². The Morgan fingerprint density at radius 1 is 0.871 bits per heavy atom. The molecule has 0 saturated heterocycles. The van der Waals surface area contributed by atoms with Gasteiger partial charge in [-0.3, -0.25) is 14.4 Å². The number of fused-ring (bicyclic) bond motifs is 1. The van der Waals surface area contributed by atoms with Crippen molar-refractivity contribution in [1.82, 2.24) is 15.5 Å². The molecule has 3 rings (SSSR count). The van der Waals surface area contributed by atoms with Crippen LogP contribution in [0, 0.1) is 0 Å². The minimum atomic E-state index is -0.652. The number of rotatable bonds is 8. The van der Waals surface area contributed by atoms with Gasteiger partial charge in [0.15, 0.2) is 0 Å². The van der Waals surface area contributed by atoms with Gasteiger partial charge < -0.3 is 15.5 Å². The fourth-order valence-electron chi connectivity index (χ4n) is 3.35. The van der Waals surface area contributed by atoms with Crippen molar-refractivity contribution in [3.63, 3.8) is 0 Å². The molecular weight excluding hydrogens is 390 g/mol. The molecule has 0 fully saturated rings. The van der Waals surface area contributed by atoms with Crippen molar-refractivity contribution in [2.45, 2.75) is 18.9 Å². The zero-order chi connectivity index (χ0) is 22.2. The summed E-state index contributed by atoms with van der Waals surface area (Å²) in [7, 11) is 3.33. The molecule has 0 aliphatic carbocycles. The zero-order valence-corrected chi connectivity index (χ0v) is 17.8. The Hall–Kier alpha value is -3.67. The largest absolute Gasteiger partial charge is 0.352 e. The van der Waals surface area contributed by atoms with Crippen LogP contribution in [0.3, 0.4) is 0 Å². The van der Waals surface area contributed by atoms with Crippen LogP contribution in [-0.4, -0.2) is 49.3 Å². The predicted octanol–water partition coefficient (Wildman–Crippen LogP) is 2.78. The molecule has 3 aromatic rings. The van der Waals surface area contributed by atoms with E-state index < -0.39 is 6.04 Å². The molecule has 3 amide bonds. The van der Waals surface area contributed by atoms with Gasteiger partial charge in [0, 0.05) is 39.0 Å². The molecule has 3 aromatic carbocycles. The number of hydrogen-bond acceptors (Lipinski definition) is 3. The quantitative estimate of drug-likeness (QED) is 0.592. The SMILES string of the molecule is CN(C)C(=O)C(Cc1ccccc1)NC(=O)CCNC(=O)c1ccc2ccccc2c1. The normalized spacial score (nSPS) is 11.5. The summed E-state index contributed by atoms with van der Waals surface area (Å²) in [4.78, 5) is 38.8. The molecule has 6 heteroatoms. The standard InChI is InChI=1S/C25H27N3O3/c1-28(2)25(31)22(16-18-8-4-3-5-9-18)27-23(29)14-15-26-24(30)21-13-12-19-10-6-7-11-20(19)17-21/h3-13,17,22H,14-16H2,1-2H3,(H,26,30)(H,27,29). The maximum atomic E-state index is 12.5. The first-order valence-corrected chi connectivity index (χ1v) is 10.3. The van der Waals surface area contributed by atoms with Gasteiger partial charge in [-0.25, -0.2) is 0 Å². The first-order chi connectivity index (χ1) is 14.9. The predicted molar refractivity (Wildman–Crippen MR) is 122 cm³/mol.